The predicted molar refractivity (Wildman–Crippen MR) is 101 cm³/mol. The van der Waals surface area contributed by atoms with Crippen molar-refractivity contribution in [1.29, 1.82) is 5.26 Å². The van der Waals surface area contributed by atoms with Crippen molar-refractivity contribution in [3.8, 4) is 6.07 Å². The Morgan fingerprint density at radius 1 is 1.20 bits per heavy atom. The number of ether oxygens (including phenoxy) is 1. The van der Waals surface area contributed by atoms with Crippen LogP contribution in [0.4, 0.5) is 0 Å². The predicted octanol–water partition coefficient (Wildman–Crippen LogP) is 4.80. The molecule has 0 aromatic heterocycles. The van der Waals surface area contributed by atoms with E-state index in [9.17, 15) is 10.4 Å². The molecule has 0 heterocycles. The lowest BCUT2D eigenvalue weighted by Crippen LogP contribution is -2.19. The van der Waals surface area contributed by atoms with E-state index in [1.54, 1.807) is 0 Å². The highest BCUT2D eigenvalue weighted by Crippen LogP contribution is 2.46. The molecule has 0 amide bonds. The Morgan fingerprint density at radius 3 is 2.44 bits per heavy atom. The first kappa shape index (κ1) is 19.9. The normalized spacial score (nSPS) is 26.6. The second kappa shape index (κ2) is 8.83. The molecular formula is C22H33NO2. The van der Waals surface area contributed by atoms with Gasteiger partial charge in [-0.05, 0) is 48.1 Å². The van der Waals surface area contributed by atoms with Crippen LogP contribution in [0, 0.1) is 23.2 Å². The molecule has 2 unspecified atom stereocenters. The molecule has 4 atom stereocenters. The maximum atomic E-state index is 10.6. The molecule has 25 heavy (non-hydrogen) atoms. The van der Waals surface area contributed by atoms with Crippen molar-refractivity contribution in [3.63, 3.8) is 0 Å². The van der Waals surface area contributed by atoms with Crippen LogP contribution in [-0.2, 0) is 10.2 Å². The third-order valence-corrected chi connectivity index (χ3v) is 5.39. The molecule has 0 radical (unpaired) electrons. The Morgan fingerprint density at radius 2 is 1.88 bits per heavy atom. The highest BCUT2D eigenvalue weighted by Gasteiger charge is 2.42. The highest BCUT2D eigenvalue weighted by atomic mass is 16.5. The summed E-state index contributed by atoms with van der Waals surface area (Å²) in [6, 6.07) is 11.1. The van der Waals surface area contributed by atoms with Gasteiger partial charge in [0.2, 0.25) is 0 Å². The molecule has 2 rings (SSSR count). The van der Waals surface area contributed by atoms with Gasteiger partial charge in [-0.3, -0.25) is 0 Å². The number of aliphatic hydroxyl groups excluding tert-OH is 1. The molecule has 1 aliphatic rings. The van der Waals surface area contributed by atoms with Crippen LogP contribution in [0.25, 0.3) is 0 Å². The minimum absolute atomic E-state index is 0.0600. The van der Waals surface area contributed by atoms with Gasteiger partial charge >= 0.3 is 0 Å². The number of nitriles is 1. The molecule has 1 saturated carbocycles. The van der Waals surface area contributed by atoms with Gasteiger partial charge in [-0.15, -0.1) is 0 Å². The lowest BCUT2D eigenvalue weighted by atomic mass is 9.80. The van der Waals surface area contributed by atoms with Crippen LogP contribution < -0.4 is 0 Å². The summed E-state index contributed by atoms with van der Waals surface area (Å²) in [6.45, 7) is 10.3. The van der Waals surface area contributed by atoms with E-state index >= 15 is 0 Å². The number of benzene rings is 1. The molecule has 1 N–H and O–H groups in total. The second-order valence-corrected chi connectivity index (χ2v) is 8.35. The van der Waals surface area contributed by atoms with Crippen molar-refractivity contribution in [1.82, 2.24) is 0 Å². The van der Waals surface area contributed by atoms with E-state index in [1.807, 2.05) is 0 Å². The van der Waals surface area contributed by atoms with Crippen LogP contribution in [0.2, 0.25) is 0 Å². The Labute approximate surface area is 153 Å². The molecule has 1 aromatic carbocycles. The summed E-state index contributed by atoms with van der Waals surface area (Å²) >= 11 is 0. The summed E-state index contributed by atoms with van der Waals surface area (Å²) in [5, 5.41) is 20.1. The minimum atomic E-state index is -0.424. The van der Waals surface area contributed by atoms with Crippen LogP contribution >= 0.6 is 0 Å². The molecule has 1 aliphatic carbocycles. The monoisotopic (exact) mass is 343 g/mol. The van der Waals surface area contributed by atoms with Crippen molar-refractivity contribution >= 4 is 0 Å². The quantitative estimate of drug-likeness (QED) is 0.724. The largest absolute Gasteiger partial charge is 0.392 e. The number of hydrogen-bond acceptors (Lipinski definition) is 3. The maximum absolute atomic E-state index is 10.6. The van der Waals surface area contributed by atoms with Crippen molar-refractivity contribution in [3.05, 3.63) is 35.4 Å². The van der Waals surface area contributed by atoms with Gasteiger partial charge in [-0.25, -0.2) is 0 Å². The smallest absolute Gasteiger partial charge is 0.0659 e. The fourth-order valence-electron chi connectivity index (χ4n) is 3.99. The van der Waals surface area contributed by atoms with Gasteiger partial charge in [0, 0.05) is 19.1 Å². The Balaban J connectivity index is 2.11. The number of rotatable bonds is 7. The van der Waals surface area contributed by atoms with Crippen LogP contribution in [-0.4, -0.2) is 24.4 Å². The van der Waals surface area contributed by atoms with Gasteiger partial charge in [0.25, 0.3) is 0 Å². The maximum Gasteiger partial charge on any atom is 0.0659 e. The first-order valence-corrected chi connectivity index (χ1v) is 9.64. The minimum Gasteiger partial charge on any atom is -0.392 e. The van der Waals surface area contributed by atoms with Crippen LogP contribution in [0.1, 0.15) is 70.4 Å². The zero-order valence-corrected chi connectivity index (χ0v) is 16.2. The van der Waals surface area contributed by atoms with E-state index in [1.165, 1.54) is 5.56 Å². The van der Waals surface area contributed by atoms with Crippen LogP contribution in [0.3, 0.4) is 0 Å². The van der Waals surface area contributed by atoms with Gasteiger partial charge in [0.05, 0.1) is 18.1 Å². The van der Waals surface area contributed by atoms with E-state index in [-0.39, 0.29) is 23.2 Å². The fraction of sp³-hybridized carbons (Fsp3) is 0.682. The van der Waals surface area contributed by atoms with Gasteiger partial charge in [0.1, 0.15) is 0 Å². The standard InChI is InChI=1S/C22H33NO2/c1-5-12-25-13-6-7-19-17(15-23)14-20(24)21(19)16-8-10-18(11-9-16)22(2,3)4/h8-11,17,19-21,24H,5-7,12-14H2,1-4H3/t17-,19?,20+,21?/m0/s1. The molecule has 0 spiro atoms. The van der Waals surface area contributed by atoms with Gasteiger partial charge in [-0.2, -0.15) is 5.26 Å². The summed E-state index contributed by atoms with van der Waals surface area (Å²) in [5.74, 6) is 0.212. The lowest BCUT2D eigenvalue weighted by molar-refractivity contribution is 0.121. The van der Waals surface area contributed by atoms with Crippen molar-refractivity contribution in [2.75, 3.05) is 13.2 Å². The SMILES string of the molecule is CCCOCCCC1C(c2ccc(C(C)(C)C)cc2)[C@H](O)C[C@H]1C#N. The Kier molecular flexibility index (Phi) is 7.04. The third-order valence-electron chi connectivity index (χ3n) is 5.39. The van der Waals surface area contributed by atoms with Crippen LogP contribution in [0.5, 0.6) is 0 Å². The molecule has 0 aliphatic heterocycles. The molecule has 1 aromatic rings. The van der Waals surface area contributed by atoms with Gasteiger partial charge in [0.15, 0.2) is 0 Å². The average molecular weight is 344 g/mol. The first-order chi connectivity index (χ1) is 11.9. The number of hydrogen-bond donors (Lipinski definition) is 1. The topological polar surface area (TPSA) is 53.2 Å². The first-order valence-electron chi connectivity index (χ1n) is 9.64. The van der Waals surface area contributed by atoms with E-state index in [2.05, 4.69) is 58.0 Å². The van der Waals surface area contributed by atoms with E-state index in [0.717, 1.165) is 38.0 Å². The third kappa shape index (κ3) is 5.06. The summed E-state index contributed by atoms with van der Waals surface area (Å²) in [4.78, 5) is 0. The molecular weight excluding hydrogens is 310 g/mol. The lowest BCUT2D eigenvalue weighted by Gasteiger charge is -2.25. The van der Waals surface area contributed by atoms with Gasteiger partial charge < -0.3 is 9.84 Å². The van der Waals surface area contributed by atoms with Gasteiger partial charge in [-0.1, -0.05) is 52.0 Å². The molecule has 0 saturated heterocycles. The number of nitrogens with zero attached hydrogens (tertiary/aromatic N) is 1. The Hall–Kier alpha value is -1.37. The summed E-state index contributed by atoms with van der Waals surface area (Å²) in [7, 11) is 0. The molecule has 3 nitrogen and oxygen atoms in total. The summed E-state index contributed by atoms with van der Waals surface area (Å²) in [6.07, 6.45) is 3.08. The van der Waals surface area contributed by atoms with Crippen molar-refractivity contribution in [2.24, 2.45) is 11.8 Å². The van der Waals surface area contributed by atoms with Crippen molar-refractivity contribution < 1.29 is 9.84 Å². The number of aliphatic hydroxyl groups is 1. The van der Waals surface area contributed by atoms with E-state index in [0.29, 0.717) is 6.42 Å². The summed E-state index contributed by atoms with van der Waals surface area (Å²) in [5.41, 5.74) is 2.58. The van der Waals surface area contributed by atoms with Crippen molar-refractivity contribution in [2.45, 2.75) is 70.8 Å². The Bertz CT molecular complexity index is 567. The molecule has 1 fully saturated rings. The van der Waals surface area contributed by atoms with E-state index < -0.39 is 6.10 Å². The second-order valence-electron chi connectivity index (χ2n) is 8.35. The molecule has 0 bridgehead atoms. The average Bonchev–Trinajstić information content (AvgIpc) is 2.89. The zero-order valence-electron chi connectivity index (χ0n) is 16.2. The zero-order chi connectivity index (χ0) is 18.4. The fourth-order valence-corrected chi connectivity index (χ4v) is 3.99. The van der Waals surface area contributed by atoms with Crippen LogP contribution in [0.15, 0.2) is 24.3 Å². The summed E-state index contributed by atoms with van der Waals surface area (Å²) < 4.78 is 5.59. The highest BCUT2D eigenvalue weighted by molar-refractivity contribution is 5.32. The molecule has 3 heteroatoms. The molecule has 138 valence electrons. The van der Waals surface area contributed by atoms with E-state index in [4.69, 9.17) is 4.74 Å².